The van der Waals surface area contributed by atoms with Crippen LogP contribution in [0.4, 0.5) is 4.39 Å². The van der Waals surface area contributed by atoms with Crippen molar-refractivity contribution in [2.75, 3.05) is 13.1 Å². The van der Waals surface area contributed by atoms with Crippen molar-refractivity contribution >= 4 is 23.2 Å². The highest BCUT2D eigenvalue weighted by atomic mass is 35.5. The Morgan fingerprint density at radius 1 is 1.39 bits per heavy atom. The normalized spacial score (nSPS) is 20.0. The van der Waals surface area contributed by atoms with Crippen molar-refractivity contribution in [1.29, 1.82) is 0 Å². The van der Waals surface area contributed by atoms with E-state index in [1.165, 1.54) is 6.07 Å². The average molecular weight is 290 g/mol. The predicted molar refractivity (Wildman–Crippen MR) is 74.7 cm³/mol. The van der Waals surface area contributed by atoms with Crippen LogP contribution in [0, 0.1) is 11.7 Å². The smallest absolute Gasteiger partial charge is 0.141 e. The summed E-state index contributed by atoms with van der Waals surface area (Å²) in [6, 6.07) is 4.95. The minimum atomic E-state index is -0.352. The van der Waals surface area contributed by atoms with Crippen LogP contribution < -0.4 is 0 Å². The van der Waals surface area contributed by atoms with Gasteiger partial charge in [0, 0.05) is 11.9 Å². The molecule has 0 N–H and O–H groups in total. The summed E-state index contributed by atoms with van der Waals surface area (Å²) in [6.45, 7) is 5.01. The highest BCUT2D eigenvalue weighted by molar-refractivity contribution is 6.30. The van der Waals surface area contributed by atoms with E-state index in [-0.39, 0.29) is 16.2 Å². The van der Waals surface area contributed by atoms with Crippen LogP contribution in [-0.2, 0) is 6.54 Å². The number of halogens is 3. The van der Waals surface area contributed by atoms with E-state index in [0.29, 0.717) is 5.92 Å². The third-order valence-corrected chi connectivity index (χ3v) is 4.32. The Hall–Kier alpha value is -0.310. The second-order valence-corrected chi connectivity index (χ2v) is 6.14. The monoisotopic (exact) mass is 289 g/mol. The molecule has 1 nitrogen and oxygen atoms in total. The summed E-state index contributed by atoms with van der Waals surface area (Å²) in [5.41, 5.74) is 1.07. The molecule has 0 bridgehead atoms. The number of alkyl halides is 1. The topological polar surface area (TPSA) is 3.24 Å². The van der Waals surface area contributed by atoms with E-state index in [2.05, 4.69) is 11.8 Å². The minimum Gasteiger partial charge on any atom is -0.299 e. The van der Waals surface area contributed by atoms with Gasteiger partial charge in [-0.2, -0.15) is 0 Å². The van der Waals surface area contributed by atoms with E-state index in [0.717, 1.165) is 38.0 Å². The maximum absolute atomic E-state index is 13.1. The molecule has 1 aliphatic rings. The third-order valence-electron chi connectivity index (χ3n) is 3.67. The summed E-state index contributed by atoms with van der Waals surface area (Å²) in [4.78, 5) is 2.37. The van der Waals surface area contributed by atoms with E-state index < -0.39 is 0 Å². The SMILES string of the molecule is CC(Cl)C1CCN(Cc2ccc(F)c(Cl)c2)CC1. The number of benzene rings is 1. The van der Waals surface area contributed by atoms with Crippen LogP contribution in [0.25, 0.3) is 0 Å². The zero-order valence-electron chi connectivity index (χ0n) is 10.5. The van der Waals surface area contributed by atoms with E-state index in [4.69, 9.17) is 23.2 Å². The molecule has 0 spiro atoms. The van der Waals surface area contributed by atoms with E-state index in [1.807, 2.05) is 0 Å². The Morgan fingerprint density at radius 2 is 2.06 bits per heavy atom. The van der Waals surface area contributed by atoms with Crippen LogP contribution in [0.5, 0.6) is 0 Å². The number of hydrogen-bond donors (Lipinski definition) is 0. The standard InChI is InChI=1S/C14H18Cl2FN/c1-10(15)12-4-6-18(7-5-12)9-11-2-3-14(17)13(16)8-11/h2-3,8,10,12H,4-7,9H2,1H3. The summed E-state index contributed by atoms with van der Waals surface area (Å²) in [7, 11) is 0. The molecule has 0 saturated carbocycles. The molecular formula is C14H18Cl2FN. The zero-order valence-corrected chi connectivity index (χ0v) is 12.0. The van der Waals surface area contributed by atoms with Gasteiger partial charge in [-0.05, 0) is 56.5 Å². The summed E-state index contributed by atoms with van der Waals surface area (Å²) in [6.07, 6.45) is 2.28. The van der Waals surface area contributed by atoms with Gasteiger partial charge in [0.2, 0.25) is 0 Å². The summed E-state index contributed by atoms with van der Waals surface area (Å²) < 4.78 is 13.1. The molecule has 1 unspecified atom stereocenters. The first-order valence-electron chi connectivity index (χ1n) is 6.36. The molecule has 1 aromatic carbocycles. The molecule has 1 fully saturated rings. The highest BCUT2D eigenvalue weighted by Gasteiger charge is 2.22. The number of rotatable bonds is 3. The predicted octanol–water partition coefficient (Wildman–Crippen LogP) is 4.32. The summed E-state index contributed by atoms with van der Waals surface area (Å²) >= 11 is 11.9. The molecule has 0 radical (unpaired) electrons. The van der Waals surface area contributed by atoms with E-state index in [9.17, 15) is 4.39 Å². The fourth-order valence-electron chi connectivity index (χ4n) is 2.47. The quantitative estimate of drug-likeness (QED) is 0.749. The first-order chi connectivity index (χ1) is 8.56. The molecule has 1 atom stereocenters. The Balaban J connectivity index is 1.89. The van der Waals surface area contributed by atoms with Crippen molar-refractivity contribution in [3.05, 3.63) is 34.6 Å². The van der Waals surface area contributed by atoms with Gasteiger partial charge in [0.25, 0.3) is 0 Å². The molecule has 1 saturated heterocycles. The largest absolute Gasteiger partial charge is 0.299 e. The molecule has 4 heteroatoms. The Kier molecular flexibility index (Phi) is 4.88. The lowest BCUT2D eigenvalue weighted by atomic mass is 9.94. The van der Waals surface area contributed by atoms with Crippen molar-refractivity contribution < 1.29 is 4.39 Å². The summed E-state index contributed by atoms with van der Waals surface area (Å²) in [5, 5.41) is 0.462. The van der Waals surface area contributed by atoms with Crippen LogP contribution in [-0.4, -0.2) is 23.4 Å². The van der Waals surface area contributed by atoms with Gasteiger partial charge >= 0.3 is 0 Å². The number of piperidine rings is 1. The lowest BCUT2D eigenvalue weighted by Gasteiger charge is -2.33. The molecule has 0 amide bonds. The summed E-state index contributed by atoms with van der Waals surface area (Å²) in [5.74, 6) is 0.273. The molecule has 1 aliphatic heterocycles. The lowest BCUT2D eigenvalue weighted by Crippen LogP contribution is -2.35. The maximum Gasteiger partial charge on any atom is 0.141 e. The number of hydrogen-bond acceptors (Lipinski definition) is 1. The lowest BCUT2D eigenvalue weighted by molar-refractivity contribution is 0.176. The second kappa shape index (κ2) is 6.23. The Morgan fingerprint density at radius 3 is 2.61 bits per heavy atom. The fraction of sp³-hybridized carbons (Fsp3) is 0.571. The number of likely N-dealkylation sites (tertiary alicyclic amines) is 1. The molecule has 100 valence electrons. The van der Waals surface area contributed by atoms with Gasteiger partial charge in [-0.15, -0.1) is 11.6 Å². The van der Waals surface area contributed by atoms with Gasteiger partial charge in [0.15, 0.2) is 0 Å². The van der Waals surface area contributed by atoms with Crippen molar-refractivity contribution in [1.82, 2.24) is 4.90 Å². The van der Waals surface area contributed by atoms with Crippen LogP contribution in [0.2, 0.25) is 5.02 Å². The van der Waals surface area contributed by atoms with Crippen molar-refractivity contribution in [2.24, 2.45) is 5.92 Å². The van der Waals surface area contributed by atoms with Crippen LogP contribution in [0.3, 0.4) is 0 Å². The Bertz CT molecular complexity index is 401. The first-order valence-corrected chi connectivity index (χ1v) is 7.18. The zero-order chi connectivity index (χ0) is 13.1. The van der Waals surface area contributed by atoms with Crippen LogP contribution in [0.1, 0.15) is 25.3 Å². The van der Waals surface area contributed by atoms with E-state index in [1.54, 1.807) is 12.1 Å². The van der Waals surface area contributed by atoms with Gasteiger partial charge in [-0.1, -0.05) is 17.7 Å². The third kappa shape index (κ3) is 3.59. The maximum atomic E-state index is 13.1. The molecule has 18 heavy (non-hydrogen) atoms. The van der Waals surface area contributed by atoms with Crippen LogP contribution >= 0.6 is 23.2 Å². The van der Waals surface area contributed by atoms with Crippen molar-refractivity contribution in [3.63, 3.8) is 0 Å². The molecule has 0 aromatic heterocycles. The fourth-order valence-corrected chi connectivity index (χ4v) is 2.92. The van der Waals surface area contributed by atoms with Gasteiger partial charge < -0.3 is 0 Å². The molecule has 1 heterocycles. The van der Waals surface area contributed by atoms with Crippen molar-refractivity contribution in [2.45, 2.75) is 31.7 Å². The minimum absolute atomic E-state index is 0.205. The van der Waals surface area contributed by atoms with Crippen LogP contribution in [0.15, 0.2) is 18.2 Å². The Labute approximate surface area is 118 Å². The van der Waals surface area contributed by atoms with E-state index >= 15 is 0 Å². The average Bonchev–Trinajstić information content (AvgIpc) is 2.34. The van der Waals surface area contributed by atoms with Gasteiger partial charge in [-0.25, -0.2) is 4.39 Å². The van der Waals surface area contributed by atoms with Gasteiger partial charge in [-0.3, -0.25) is 4.90 Å². The second-order valence-electron chi connectivity index (χ2n) is 5.04. The molecular weight excluding hydrogens is 272 g/mol. The van der Waals surface area contributed by atoms with Gasteiger partial charge in [0.05, 0.1) is 5.02 Å². The van der Waals surface area contributed by atoms with Gasteiger partial charge in [0.1, 0.15) is 5.82 Å². The number of nitrogens with zero attached hydrogens (tertiary/aromatic N) is 1. The van der Waals surface area contributed by atoms with Crippen molar-refractivity contribution in [3.8, 4) is 0 Å². The first kappa shape index (κ1) is 14.1. The molecule has 0 aliphatic carbocycles. The molecule has 1 aromatic rings. The molecule has 2 rings (SSSR count). The highest BCUT2D eigenvalue weighted by Crippen LogP contribution is 2.25.